The Hall–Kier alpha value is -1.42. The van der Waals surface area contributed by atoms with E-state index in [1.807, 2.05) is 31.2 Å². The number of hydrogen-bond acceptors (Lipinski definition) is 1. The summed E-state index contributed by atoms with van der Waals surface area (Å²) in [6.45, 7) is 6.14. The lowest BCUT2D eigenvalue weighted by molar-refractivity contribution is 0.583. The molecular weight excluding hydrogens is 336 g/mol. The van der Waals surface area contributed by atoms with E-state index in [4.69, 9.17) is 0 Å². The Kier molecular flexibility index (Phi) is 4.99. The van der Waals surface area contributed by atoms with Gasteiger partial charge < -0.3 is 5.32 Å². The van der Waals surface area contributed by atoms with E-state index in [0.717, 1.165) is 5.56 Å². The number of benzene rings is 2. The van der Waals surface area contributed by atoms with Crippen molar-refractivity contribution < 1.29 is 8.78 Å². The minimum atomic E-state index is -0.604. The maximum atomic E-state index is 13.8. The first-order valence-electron chi connectivity index (χ1n) is 6.89. The van der Waals surface area contributed by atoms with Crippen LogP contribution < -0.4 is 5.32 Å². The van der Waals surface area contributed by atoms with Crippen LogP contribution in [0, 0.1) is 11.6 Å². The van der Waals surface area contributed by atoms with Crippen LogP contribution in [0.2, 0.25) is 0 Å². The van der Waals surface area contributed by atoms with Crippen molar-refractivity contribution in [1.29, 1.82) is 0 Å². The molecule has 0 bridgehead atoms. The lowest BCUT2D eigenvalue weighted by atomic mass is 9.99. The van der Waals surface area contributed by atoms with E-state index in [9.17, 15) is 8.78 Å². The van der Waals surface area contributed by atoms with Gasteiger partial charge in [0.2, 0.25) is 0 Å². The monoisotopic (exact) mass is 353 g/mol. The van der Waals surface area contributed by atoms with Crippen LogP contribution in [0.5, 0.6) is 0 Å². The molecule has 0 aliphatic heterocycles. The van der Waals surface area contributed by atoms with Gasteiger partial charge in [-0.2, -0.15) is 0 Å². The molecule has 0 aromatic heterocycles. The number of nitrogens with one attached hydrogen (secondary N) is 1. The summed E-state index contributed by atoms with van der Waals surface area (Å²) in [5, 5.41) is 2.90. The van der Waals surface area contributed by atoms with E-state index >= 15 is 0 Å². The van der Waals surface area contributed by atoms with E-state index in [1.165, 1.54) is 17.7 Å². The minimum Gasteiger partial charge on any atom is -0.374 e. The Labute approximate surface area is 132 Å². The van der Waals surface area contributed by atoms with Gasteiger partial charge in [0.25, 0.3) is 0 Å². The van der Waals surface area contributed by atoms with Gasteiger partial charge in [-0.05, 0) is 36.1 Å². The highest BCUT2D eigenvalue weighted by atomic mass is 79.9. The molecule has 1 atom stereocenters. The largest absolute Gasteiger partial charge is 0.374 e. The van der Waals surface area contributed by atoms with Crippen LogP contribution in [0.25, 0.3) is 0 Å². The van der Waals surface area contributed by atoms with Crippen molar-refractivity contribution in [2.45, 2.75) is 32.7 Å². The van der Waals surface area contributed by atoms with E-state index < -0.39 is 11.6 Å². The molecule has 2 aromatic carbocycles. The number of halogens is 3. The van der Waals surface area contributed by atoms with Crippen molar-refractivity contribution in [2.24, 2.45) is 0 Å². The van der Waals surface area contributed by atoms with Crippen molar-refractivity contribution in [2.75, 3.05) is 5.32 Å². The highest BCUT2D eigenvalue weighted by Gasteiger charge is 2.14. The molecule has 1 nitrogen and oxygen atoms in total. The summed E-state index contributed by atoms with van der Waals surface area (Å²) < 4.78 is 28.0. The van der Waals surface area contributed by atoms with Gasteiger partial charge in [-0.1, -0.05) is 54.0 Å². The molecule has 0 fully saturated rings. The van der Waals surface area contributed by atoms with Crippen molar-refractivity contribution in [3.05, 3.63) is 63.6 Å². The molecule has 0 aliphatic rings. The van der Waals surface area contributed by atoms with Crippen LogP contribution in [0.1, 0.15) is 43.9 Å². The summed E-state index contributed by atoms with van der Waals surface area (Å²) in [5.41, 5.74) is 2.13. The third kappa shape index (κ3) is 3.82. The van der Waals surface area contributed by atoms with Gasteiger partial charge in [-0.3, -0.25) is 0 Å². The SMILES string of the molecule is CC(C)c1ccc(C(C)Nc2c(F)cc(Br)cc2F)cc1. The van der Waals surface area contributed by atoms with E-state index in [2.05, 4.69) is 35.1 Å². The van der Waals surface area contributed by atoms with Gasteiger partial charge in [0, 0.05) is 10.5 Å². The van der Waals surface area contributed by atoms with Gasteiger partial charge in [0.05, 0.1) is 0 Å². The van der Waals surface area contributed by atoms with Crippen molar-refractivity contribution in [1.82, 2.24) is 0 Å². The second kappa shape index (κ2) is 6.56. The lowest BCUT2D eigenvalue weighted by Gasteiger charge is -2.18. The fourth-order valence-electron chi connectivity index (χ4n) is 2.15. The quantitative estimate of drug-likeness (QED) is 0.708. The first-order chi connectivity index (χ1) is 9.88. The molecule has 4 heteroatoms. The minimum absolute atomic E-state index is 0.0985. The van der Waals surface area contributed by atoms with Crippen molar-refractivity contribution in [3.8, 4) is 0 Å². The molecule has 0 amide bonds. The summed E-state index contributed by atoms with van der Waals surface area (Å²) in [7, 11) is 0. The molecular formula is C17H18BrF2N. The summed E-state index contributed by atoms with van der Waals surface area (Å²) in [5.74, 6) is -0.747. The molecule has 0 saturated heterocycles. The topological polar surface area (TPSA) is 12.0 Å². The predicted molar refractivity (Wildman–Crippen MR) is 86.6 cm³/mol. The van der Waals surface area contributed by atoms with Crippen LogP contribution >= 0.6 is 15.9 Å². The predicted octanol–water partition coefficient (Wildman–Crippen LogP) is 6.02. The second-order valence-corrected chi connectivity index (χ2v) is 6.35. The van der Waals surface area contributed by atoms with Crippen LogP contribution in [-0.2, 0) is 0 Å². The molecule has 0 heterocycles. The molecule has 1 N–H and O–H groups in total. The lowest BCUT2D eigenvalue weighted by Crippen LogP contribution is -2.10. The van der Waals surface area contributed by atoms with Crippen LogP contribution in [0.15, 0.2) is 40.9 Å². The second-order valence-electron chi connectivity index (χ2n) is 5.43. The van der Waals surface area contributed by atoms with Crippen LogP contribution in [0.4, 0.5) is 14.5 Å². The fourth-order valence-corrected chi connectivity index (χ4v) is 2.55. The van der Waals surface area contributed by atoms with Gasteiger partial charge >= 0.3 is 0 Å². The molecule has 0 radical (unpaired) electrons. The molecule has 112 valence electrons. The Morgan fingerprint density at radius 3 is 1.86 bits per heavy atom. The van der Waals surface area contributed by atoms with E-state index in [0.29, 0.717) is 10.4 Å². The zero-order chi connectivity index (χ0) is 15.6. The average molecular weight is 354 g/mol. The Morgan fingerprint density at radius 1 is 0.905 bits per heavy atom. The summed E-state index contributed by atoms with van der Waals surface area (Å²) >= 11 is 3.07. The molecule has 1 unspecified atom stereocenters. The first kappa shape index (κ1) is 16.0. The van der Waals surface area contributed by atoms with Gasteiger partial charge in [-0.15, -0.1) is 0 Å². The Bertz CT molecular complexity index is 600. The van der Waals surface area contributed by atoms with Gasteiger partial charge in [-0.25, -0.2) is 8.78 Å². The first-order valence-corrected chi connectivity index (χ1v) is 7.68. The molecule has 2 rings (SSSR count). The van der Waals surface area contributed by atoms with E-state index in [-0.39, 0.29) is 11.7 Å². The summed E-state index contributed by atoms with van der Waals surface area (Å²) in [6, 6.07) is 10.4. The van der Waals surface area contributed by atoms with Crippen LogP contribution in [0.3, 0.4) is 0 Å². The molecule has 21 heavy (non-hydrogen) atoms. The average Bonchev–Trinajstić information content (AvgIpc) is 2.42. The number of rotatable bonds is 4. The highest BCUT2D eigenvalue weighted by Crippen LogP contribution is 2.28. The van der Waals surface area contributed by atoms with Gasteiger partial charge in [0.1, 0.15) is 17.3 Å². The zero-order valence-electron chi connectivity index (χ0n) is 12.3. The fraction of sp³-hybridized carbons (Fsp3) is 0.294. The maximum absolute atomic E-state index is 13.8. The molecule has 0 spiro atoms. The smallest absolute Gasteiger partial charge is 0.150 e. The molecule has 0 aliphatic carbocycles. The zero-order valence-corrected chi connectivity index (χ0v) is 13.8. The molecule has 2 aromatic rings. The molecule has 0 saturated carbocycles. The van der Waals surface area contributed by atoms with E-state index in [1.54, 1.807) is 0 Å². The maximum Gasteiger partial charge on any atom is 0.150 e. The van der Waals surface area contributed by atoms with Crippen LogP contribution in [-0.4, -0.2) is 0 Å². The number of anilines is 1. The highest BCUT2D eigenvalue weighted by molar-refractivity contribution is 9.10. The summed E-state index contributed by atoms with van der Waals surface area (Å²) in [4.78, 5) is 0. The van der Waals surface area contributed by atoms with Crippen molar-refractivity contribution in [3.63, 3.8) is 0 Å². The normalized spacial score (nSPS) is 12.5. The Balaban J connectivity index is 2.20. The van der Waals surface area contributed by atoms with Crippen molar-refractivity contribution >= 4 is 21.6 Å². The Morgan fingerprint density at radius 2 is 1.38 bits per heavy atom. The number of hydrogen-bond donors (Lipinski definition) is 1. The third-order valence-corrected chi connectivity index (χ3v) is 3.93. The summed E-state index contributed by atoms with van der Waals surface area (Å²) in [6.07, 6.45) is 0. The standard InChI is InChI=1S/C17H18BrF2N/c1-10(2)12-4-6-13(7-5-12)11(3)21-17-15(19)8-14(18)9-16(17)20/h4-11,21H,1-3H3. The van der Waals surface area contributed by atoms with Gasteiger partial charge in [0.15, 0.2) is 0 Å². The third-order valence-electron chi connectivity index (χ3n) is 3.47.